The predicted octanol–water partition coefficient (Wildman–Crippen LogP) is 3.32. The zero-order valence-electron chi connectivity index (χ0n) is 18.1. The number of ether oxygens (including phenoxy) is 2. The molecule has 0 bridgehead atoms. The number of piperazine rings is 1. The van der Waals surface area contributed by atoms with Crippen molar-refractivity contribution in [2.75, 3.05) is 64.4 Å². The third kappa shape index (κ3) is 5.50. The van der Waals surface area contributed by atoms with Crippen molar-refractivity contribution in [3.05, 3.63) is 53.1 Å². The fourth-order valence-electron chi connectivity index (χ4n) is 4.25. The lowest BCUT2D eigenvalue weighted by Gasteiger charge is -2.36. The van der Waals surface area contributed by atoms with E-state index in [9.17, 15) is 4.79 Å². The summed E-state index contributed by atoms with van der Waals surface area (Å²) in [5.74, 6) is 1.76. The van der Waals surface area contributed by atoms with Gasteiger partial charge in [0.05, 0.1) is 18.7 Å². The van der Waals surface area contributed by atoms with Gasteiger partial charge in [-0.3, -0.25) is 14.6 Å². The van der Waals surface area contributed by atoms with Gasteiger partial charge in [0.2, 0.25) is 5.91 Å². The van der Waals surface area contributed by atoms with Gasteiger partial charge in [-0.05, 0) is 48.7 Å². The molecule has 0 atom stereocenters. The largest absolute Gasteiger partial charge is 0.497 e. The lowest BCUT2D eigenvalue weighted by molar-refractivity contribution is -0.120. The number of anilines is 1. The number of carbonyl (C=O) groups excluding carboxylic acids is 1. The highest BCUT2D eigenvalue weighted by atomic mass is 35.5. The number of aryl methyl sites for hydroxylation is 1. The van der Waals surface area contributed by atoms with E-state index in [4.69, 9.17) is 21.1 Å². The van der Waals surface area contributed by atoms with Crippen molar-refractivity contribution in [1.82, 2.24) is 9.80 Å². The summed E-state index contributed by atoms with van der Waals surface area (Å²) in [5, 5.41) is 0.642. The Kier molecular flexibility index (Phi) is 7.33. The standard InChI is InChI=1S/C24H30ClN3O3/c1-30-20-8-9-22-19(17-20)5-4-10-28(22)24(29)18-27-13-11-26(12-14-27)15-16-31-23-7-3-2-6-21(23)25/h2-3,6-9,17H,4-5,10-16,18H2,1H3. The minimum Gasteiger partial charge on any atom is -0.497 e. The molecule has 0 saturated carbocycles. The molecule has 0 N–H and O–H groups in total. The molecule has 2 aromatic rings. The number of hydrogen-bond donors (Lipinski definition) is 0. The molecule has 0 aliphatic carbocycles. The Bertz CT molecular complexity index is 899. The van der Waals surface area contributed by atoms with Crippen LogP contribution in [0.5, 0.6) is 11.5 Å². The van der Waals surface area contributed by atoms with E-state index in [0.717, 1.165) is 69.3 Å². The fraction of sp³-hybridized carbons (Fsp3) is 0.458. The Morgan fingerprint density at radius 1 is 1.03 bits per heavy atom. The van der Waals surface area contributed by atoms with Crippen LogP contribution in [0.4, 0.5) is 5.69 Å². The van der Waals surface area contributed by atoms with E-state index in [1.54, 1.807) is 7.11 Å². The molecule has 0 unspecified atom stereocenters. The maximum atomic E-state index is 13.0. The van der Waals surface area contributed by atoms with Crippen LogP contribution in [0.25, 0.3) is 0 Å². The number of nitrogens with zero attached hydrogens (tertiary/aromatic N) is 3. The minimum absolute atomic E-state index is 0.182. The number of carbonyl (C=O) groups is 1. The molecule has 6 nitrogen and oxygen atoms in total. The van der Waals surface area contributed by atoms with Crippen molar-refractivity contribution >= 4 is 23.2 Å². The molecule has 1 fully saturated rings. The van der Waals surface area contributed by atoms with Crippen LogP contribution in [-0.2, 0) is 11.2 Å². The summed E-state index contributed by atoms with van der Waals surface area (Å²) in [4.78, 5) is 19.6. The summed E-state index contributed by atoms with van der Waals surface area (Å²) < 4.78 is 11.1. The first-order valence-electron chi connectivity index (χ1n) is 10.9. The van der Waals surface area contributed by atoms with Crippen LogP contribution in [0, 0.1) is 0 Å². The molecule has 2 heterocycles. The van der Waals surface area contributed by atoms with Crippen LogP contribution >= 0.6 is 11.6 Å². The van der Waals surface area contributed by atoms with Gasteiger partial charge in [0.25, 0.3) is 0 Å². The van der Waals surface area contributed by atoms with Gasteiger partial charge in [0.15, 0.2) is 0 Å². The number of halogens is 1. The molecule has 2 aliphatic rings. The highest BCUT2D eigenvalue weighted by molar-refractivity contribution is 6.32. The van der Waals surface area contributed by atoms with Gasteiger partial charge in [-0.15, -0.1) is 0 Å². The SMILES string of the molecule is COc1ccc2c(c1)CCCN2C(=O)CN1CCN(CCOc2ccccc2Cl)CC1. The van der Waals surface area contributed by atoms with Gasteiger partial charge < -0.3 is 14.4 Å². The van der Waals surface area contributed by atoms with E-state index in [-0.39, 0.29) is 5.91 Å². The molecule has 2 aliphatic heterocycles. The lowest BCUT2D eigenvalue weighted by Crippen LogP contribution is -2.51. The Morgan fingerprint density at radius 3 is 2.58 bits per heavy atom. The monoisotopic (exact) mass is 443 g/mol. The second-order valence-corrected chi connectivity index (χ2v) is 8.45. The fourth-order valence-corrected chi connectivity index (χ4v) is 4.44. The molecule has 0 radical (unpaired) electrons. The average molecular weight is 444 g/mol. The Morgan fingerprint density at radius 2 is 1.81 bits per heavy atom. The third-order valence-corrected chi connectivity index (χ3v) is 6.34. The van der Waals surface area contributed by atoms with Gasteiger partial charge in [0, 0.05) is 45.0 Å². The van der Waals surface area contributed by atoms with E-state index in [0.29, 0.717) is 18.2 Å². The number of hydrogen-bond acceptors (Lipinski definition) is 5. The average Bonchev–Trinajstić information content (AvgIpc) is 2.80. The van der Waals surface area contributed by atoms with Crippen LogP contribution in [0.15, 0.2) is 42.5 Å². The van der Waals surface area contributed by atoms with Crippen LogP contribution in [0.1, 0.15) is 12.0 Å². The van der Waals surface area contributed by atoms with E-state index in [1.165, 1.54) is 5.56 Å². The summed E-state index contributed by atoms with van der Waals surface area (Å²) in [6.45, 7) is 6.38. The lowest BCUT2D eigenvalue weighted by atomic mass is 10.0. The molecule has 4 rings (SSSR count). The zero-order valence-corrected chi connectivity index (χ0v) is 18.8. The normalized spacial score (nSPS) is 17.3. The predicted molar refractivity (Wildman–Crippen MR) is 123 cm³/mol. The van der Waals surface area contributed by atoms with Crippen molar-refractivity contribution in [2.45, 2.75) is 12.8 Å². The number of rotatable bonds is 7. The maximum absolute atomic E-state index is 13.0. The van der Waals surface area contributed by atoms with Gasteiger partial charge in [0.1, 0.15) is 18.1 Å². The third-order valence-electron chi connectivity index (χ3n) is 6.03. The molecule has 1 amide bonds. The van der Waals surface area contributed by atoms with Crippen molar-refractivity contribution in [3.8, 4) is 11.5 Å². The summed E-state index contributed by atoms with van der Waals surface area (Å²) in [7, 11) is 1.68. The number of para-hydroxylation sites is 1. The molecular weight excluding hydrogens is 414 g/mol. The zero-order chi connectivity index (χ0) is 21.6. The molecule has 166 valence electrons. The highest BCUT2D eigenvalue weighted by Crippen LogP contribution is 2.30. The van der Waals surface area contributed by atoms with Gasteiger partial charge >= 0.3 is 0 Å². The first kappa shape index (κ1) is 21.9. The summed E-state index contributed by atoms with van der Waals surface area (Å²) in [6.07, 6.45) is 1.98. The molecule has 31 heavy (non-hydrogen) atoms. The highest BCUT2D eigenvalue weighted by Gasteiger charge is 2.26. The molecule has 0 aromatic heterocycles. The van der Waals surface area contributed by atoms with Gasteiger partial charge in [-0.25, -0.2) is 0 Å². The molecule has 2 aromatic carbocycles. The summed E-state index contributed by atoms with van der Waals surface area (Å²) in [6, 6.07) is 13.6. The minimum atomic E-state index is 0.182. The van der Waals surface area contributed by atoms with Crippen LogP contribution in [-0.4, -0.2) is 75.2 Å². The van der Waals surface area contributed by atoms with Crippen LogP contribution in [0.2, 0.25) is 5.02 Å². The van der Waals surface area contributed by atoms with Gasteiger partial charge in [-0.1, -0.05) is 23.7 Å². The Labute approximate surface area is 189 Å². The van der Waals surface area contributed by atoms with Crippen molar-refractivity contribution in [1.29, 1.82) is 0 Å². The second kappa shape index (κ2) is 10.4. The van der Waals surface area contributed by atoms with Crippen molar-refractivity contribution in [2.24, 2.45) is 0 Å². The number of amides is 1. The first-order chi connectivity index (χ1) is 15.1. The molecule has 1 saturated heterocycles. The first-order valence-corrected chi connectivity index (χ1v) is 11.3. The number of methoxy groups -OCH3 is 1. The summed E-state index contributed by atoms with van der Waals surface area (Å²) >= 11 is 6.14. The van der Waals surface area contributed by atoms with E-state index in [1.807, 2.05) is 41.3 Å². The summed E-state index contributed by atoms with van der Waals surface area (Å²) in [5.41, 5.74) is 2.23. The maximum Gasteiger partial charge on any atom is 0.241 e. The number of benzene rings is 2. The smallest absolute Gasteiger partial charge is 0.241 e. The van der Waals surface area contributed by atoms with E-state index < -0.39 is 0 Å². The van der Waals surface area contributed by atoms with Gasteiger partial charge in [-0.2, -0.15) is 0 Å². The second-order valence-electron chi connectivity index (χ2n) is 8.04. The Hall–Kier alpha value is -2.28. The molecule has 0 spiro atoms. The quantitative estimate of drug-likeness (QED) is 0.656. The van der Waals surface area contributed by atoms with E-state index in [2.05, 4.69) is 15.9 Å². The van der Waals surface area contributed by atoms with Crippen molar-refractivity contribution in [3.63, 3.8) is 0 Å². The molecule has 7 heteroatoms. The Balaban J connectivity index is 1.23. The molecular formula is C24H30ClN3O3. The van der Waals surface area contributed by atoms with E-state index >= 15 is 0 Å². The van der Waals surface area contributed by atoms with Crippen molar-refractivity contribution < 1.29 is 14.3 Å². The van der Waals surface area contributed by atoms with Crippen LogP contribution in [0.3, 0.4) is 0 Å². The van der Waals surface area contributed by atoms with Crippen LogP contribution < -0.4 is 14.4 Å². The topological polar surface area (TPSA) is 45.2 Å². The number of fused-ring (bicyclic) bond motifs is 1.